The Bertz CT molecular complexity index is 1040. The van der Waals surface area contributed by atoms with Crippen molar-refractivity contribution < 1.29 is 19.0 Å². The summed E-state index contributed by atoms with van der Waals surface area (Å²) < 4.78 is 21.7. The van der Waals surface area contributed by atoms with Gasteiger partial charge in [-0.25, -0.2) is 9.18 Å². The molecule has 0 aliphatic carbocycles. The third kappa shape index (κ3) is 2.96. The number of rotatable bonds is 3. The summed E-state index contributed by atoms with van der Waals surface area (Å²) in [5.41, 5.74) is 3.06. The molecule has 1 aliphatic rings. The zero-order valence-corrected chi connectivity index (χ0v) is 15.5. The van der Waals surface area contributed by atoms with Crippen molar-refractivity contribution in [2.45, 2.75) is 26.1 Å². The number of nitrogens with zero attached hydrogens (tertiary/aromatic N) is 4. The van der Waals surface area contributed by atoms with E-state index >= 15 is 0 Å². The third-order valence-corrected chi connectivity index (χ3v) is 4.99. The molecule has 0 radical (unpaired) electrons. The van der Waals surface area contributed by atoms with E-state index < -0.39 is 11.9 Å². The Balaban J connectivity index is 1.93. The second-order valence-corrected chi connectivity index (χ2v) is 6.69. The molecule has 1 aromatic carbocycles. The number of pyridine rings is 1. The fourth-order valence-corrected chi connectivity index (χ4v) is 3.56. The van der Waals surface area contributed by atoms with Gasteiger partial charge in [-0.1, -0.05) is 0 Å². The first kappa shape index (κ1) is 18.0. The summed E-state index contributed by atoms with van der Waals surface area (Å²) in [6.07, 6.45) is 2.31. The maximum Gasteiger partial charge on any atom is 0.407 e. The number of methoxy groups -OCH3 is 1. The van der Waals surface area contributed by atoms with E-state index in [1.807, 2.05) is 19.1 Å². The summed E-state index contributed by atoms with van der Waals surface area (Å²) in [6, 6.07) is 8.02. The van der Waals surface area contributed by atoms with Crippen LogP contribution in [0.4, 0.5) is 9.18 Å². The van der Waals surface area contributed by atoms with Crippen molar-refractivity contribution in [1.29, 1.82) is 0 Å². The molecule has 3 heterocycles. The van der Waals surface area contributed by atoms with Crippen LogP contribution in [-0.4, -0.2) is 44.0 Å². The van der Waals surface area contributed by atoms with Crippen LogP contribution in [0, 0.1) is 5.82 Å². The van der Waals surface area contributed by atoms with Crippen molar-refractivity contribution in [3.8, 4) is 28.1 Å². The smallest absolute Gasteiger partial charge is 0.407 e. The minimum absolute atomic E-state index is 0.179. The predicted octanol–water partition coefficient (Wildman–Crippen LogP) is 3.64. The van der Waals surface area contributed by atoms with Crippen molar-refractivity contribution in [3.05, 3.63) is 54.2 Å². The largest absolute Gasteiger partial charge is 0.497 e. The van der Waals surface area contributed by atoms with Crippen molar-refractivity contribution in [1.82, 2.24) is 19.7 Å². The topological polar surface area (TPSA) is 80.5 Å². The molecule has 1 aliphatic heterocycles. The van der Waals surface area contributed by atoms with E-state index in [1.165, 1.54) is 18.1 Å². The van der Waals surface area contributed by atoms with Crippen LogP contribution in [0.25, 0.3) is 22.4 Å². The number of carbonyl (C=O) groups is 1. The number of ether oxygens (including phenoxy) is 1. The number of halogens is 1. The van der Waals surface area contributed by atoms with Gasteiger partial charge < -0.3 is 9.84 Å². The average Bonchev–Trinajstić information content (AvgIpc) is 3.05. The second-order valence-electron chi connectivity index (χ2n) is 6.69. The maximum atomic E-state index is 14.8. The van der Waals surface area contributed by atoms with E-state index in [4.69, 9.17) is 4.74 Å². The number of benzene rings is 1. The van der Waals surface area contributed by atoms with Crippen LogP contribution in [0.5, 0.6) is 5.75 Å². The van der Waals surface area contributed by atoms with Crippen molar-refractivity contribution in [3.63, 3.8) is 0 Å². The summed E-state index contributed by atoms with van der Waals surface area (Å²) >= 11 is 0. The molecule has 3 aromatic rings. The first-order chi connectivity index (χ1) is 13.5. The molecule has 4 rings (SSSR count). The van der Waals surface area contributed by atoms with E-state index in [1.54, 1.807) is 29.2 Å². The number of aromatic nitrogens is 3. The van der Waals surface area contributed by atoms with Crippen LogP contribution in [0.1, 0.15) is 12.6 Å². The van der Waals surface area contributed by atoms with Gasteiger partial charge in [0, 0.05) is 29.6 Å². The Morgan fingerprint density at radius 1 is 1.29 bits per heavy atom. The van der Waals surface area contributed by atoms with Crippen molar-refractivity contribution in [2.75, 3.05) is 7.11 Å². The van der Waals surface area contributed by atoms with Crippen LogP contribution in [0.3, 0.4) is 0 Å². The minimum atomic E-state index is -0.988. The second kappa shape index (κ2) is 6.95. The Kier molecular flexibility index (Phi) is 4.46. The number of fused-ring (bicyclic) bond motifs is 1. The molecular formula is C20H19FN4O3. The number of hydrogen-bond acceptors (Lipinski definition) is 4. The summed E-state index contributed by atoms with van der Waals surface area (Å²) in [4.78, 5) is 17.0. The van der Waals surface area contributed by atoms with Crippen molar-refractivity contribution >= 4 is 6.09 Å². The normalized spacial score (nSPS) is 16.0. The van der Waals surface area contributed by atoms with Gasteiger partial charge in [-0.3, -0.25) is 14.6 Å². The lowest BCUT2D eigenvalue weighted by Crippen LogP contribution is -2.44. The molecule has 7 nitrogen and oxygen atoms in total. The molecule has 0 bridgehead atoms. The zero-order chi connectivity index (χ0) is 19.8. The average molecular weight is 382 g/mol. The first-order valence-electron chi connectivity index (χ1n) is 8.83. The van der Waals surface area contributed by atoms with Gasteiger partial charge in [0.1, 0.15) is 17.3 Å². The summed E-state index contributed by atoms with van der Waals surface area (Å²) in [5, 5.41) is 14.2. The SMILES string of the molecule is COc1ccc(-c2nn3c(c2-c2ccncc2)CN(C(=O)O)C(C)C3)c(F)c1. The molecule has 8 heteroatoms. The molecule has 1 atom stereocenters. The number of carboxylic acid groups (broad SMARTS) is 1. The Labute approximate surface area is 161 Å². The first-order valence-corrected chi connectivity index (χ1v) is 8.83. The molecule has 0 saturated carbocycles. The molecule has 0 spiro atoms. The highest BCUT2D eigenvalue weighted by Crippen LogP contribution is 2.38. The summed E-state index contributed by atoms with van der Waals surface area (Å²) in [5.74, 6) is -0.0328. The van der Waals surface area contributed by atoms with Gasteiger partial charge >= 0.3 is 6.09 Å². The molecule has 1 amide bonds. The molecule has 1 unspecified atom stereocenters. The van der Waals surface area contributed by atoms with E-state index in [-0.39, 0.29) is 12.6 Å². The highest BCUT2D eigenvalue weighted by Gasteiger charge is 2.32. The van der Waals surface area contributed by atoms with Crippen LogP contribution < -0.4 is 4.74 Å². The monoisotopic (exact) mass is 382 g/mol. The zero-order valence-electron chi connectivity index (χ0n) is 15.5. The lowest BCUT2D eigenvalue weighted by molar-refractivity contribution is 0.105. The van der Waals surface area contributed by atoms with Crippen LogP contribution in [-0.2, 0) is 13.1 Å². The quantitative estimate of drug-likeness (QED) is 0.748. The Morgan fingerprint density at radius 2 is 2.04 bits per heavy atom. The van der Waals surface area contributed by atoms with Gasteiger partial charge in [-0.05, 0) is 36.8 Å². The van der Waals surface area contributed by atoms with Crippen LogP contribution >= 0.6 is 0 Å². The Hall–Kier alpha value is -3.42. The summed E-state index contributed by atoms with van der Waals surface area (Å²) in [7, 11) is 1.48. The van der Waals surface area contributed by atoms with Gasteiger partial charge in [0.05, 0.1) is 31.9 Å². The minimum Gasteiger partial charge on any atom is -0.497 e. The van der Waals surface area contributed by atoms with E-state index in [0.29, 0.717) is 29.1 Å². The third-order valence-electron chi connectivity index (χ3n) is 4.99. The lowest BCUT2D eigenvalue weighted by Gasteiger charge is -2.32. The van der Waals surface area contributed by atoms with Gasteiger partial charge in [0.2, 0.25) is 0 Å². The number of amides is 1. The molecule has 28 heavy (non-hydrogen) atoms. The molecule has 2 aromatic heterocycles. The fourth-order valence-electron chi connectivity index (χ4n) is 3.56. The molecule has 0 fully saturated rings. The van der Waals surface area contributed by atoms with E-state index in [0.717, 1.165) is 11.3 Å². The van der Waals surface area contributed by atoms with Gasteiger partial charge in [-0.15, -0.1) is 0 Å². The van der Waals surface area contributed by atoms with Crippen LogP contribution in [0.15, 0.2) is 42.7 Å². The predicted molar refractivity (Wildman–Crippen MR) is 100 cm³/mol. The standard InChI is InChI=1S/C20H19FN4O3/c1-12-10-25-17(11-24(12)20(26)27)18(13-5-7-22-8-6-13)19(23-25)15-4-3-14(28-2)9-16(15)21/h3-9,12H,10-11H2,1-2H3,(H,26,27). The number of hydrogen-bond donors (Lipinski definition) is 1. The van der Waals surface area contributed by atoms with E-state index in [2.05, 4.69) is 10.1 Å². The van der Waals surface area contributed by atoms with Crippen molar-refractivity contribution in [2.24, 2.45) is 0 Å². The maximum absolute atomic E-state index is 14.8. The molecule has 144 valence electrons. The molecule has 0 saturated heterocycles. The van der Waals surface area contributed by atoms with Crippen LogP contribution in [0.2, 0.25) is 0 Å². The molecule has 1 N–H and O–H groups in total. The lowest BCUT2D eigenvalue weighted by atomic mass is 9.98. The highest BCUT2D eigenvalue weighted by molar-refractivity contribution is 5.83. The summed E-state index contributed by atoms with van der Waals surface area (Å²) in [6.45, 7) is 2.41. The Morgan fingerprint density at radius 3 is 2.68 bits per heavy atom. The highest BCUT2D eigenvalue weighted by atomic mass is 19.1. The van der Waals surface area contributed by atoms with Gasteiger partial charge in [0.25, 0.3) is 0 Å². The van der Waals surface area contributed by atoms with E-state index in [9.17, 15) is 14.3 Å². The molecular weight excluding hydrogens is 363 g/mol. The fraction of sp³-hybridized carbons (Fsp3) is 0.250. The van der Waals surface area contributed by atoms with Gasteiger partial charge in [0.15, 0.2) is 0 Å². The van der Waals surface area contributed by atoms with Gasteiger partial charge in [-0.2, -0.15) is 5.10 Å².